The van der Waals surface area contributed by atoms with E-state index in [1.54, 1.807) is 31.4 Å². The van der Waals surface area contributed by atoms with Crippen molar-refractivity contribution in [2.45, 2.75) is 108 Å². The quantitative estimate of drug-likeness (QED) is 0.0612. The largest absolute Gasteiger partial charge is 0.481 e. The number of ether oxygens (including phenoxy) is 4. The number of nitrogens with one attached hydrogen (secondary N) is 3. The number of aromatic amines is 1. The third kappa shape index (κ3) is 11.3. The summed E-state index contributed by atoms with van der Waals surface area (Å²) in [4.78, 5) is 68.7. The summed E-state index contributed by atoms with van der Waals surface area (Å²) in [7, 11) is 1.61. The van der Waals surface area contributed by atoms with Gasteiger partial charge in [0.2, 0.25) is 11.9 Å². The second kappa shape index (κ2) is 19.2. The number of H-pyrrole nitrogens is 1. The highest BCUT2D eigenvalue weighted by atomic mass is 35.5. The van der Waals surface area contributed by atoms with Gasteiger partial charge in [-0.05, 0) is 89.0 Å². The average Bonchev–Trinajstić information content (AvgIpc) is 4.06. The van der Waals surface area contributed by atoms with E-state index in [9.17, 15) is 24.0 Å². The number of aliphatic carboxylic acids is 2. The molecule has 18 nitrogen and oxygen atoms in total. The lowest BCUT2D eigenvalue weighted by Gasteiger charge is -2.42. The molecule has 1 saturated carbocycles. The molecular formula is C40H52ClN7O11. The molecule has 1 aromatic carbocycles. The highest BCUT2D eigenvalue weighted by Crippen LogP contribution is 2.59. The Morgan fingerprint density at radius 2 is 1.83 bits per heavy atom. The molecule has 19 heteroatoms. The van der Waals surface area contributed by atoms with Gasteiger partial charge in [0.05, 0.1) is 24.0 Å². The van der Waals surface area contributed by atoms with Gasteiger partial charge < -0.3 is 50.9 Å². The van der Waals surface area contributed by atoms with E-state index in [0.717, 1.165) is 48.6 Å². The monoisotopic (exact) mass is 841 g/mol. The molecule has 3 aromatic rings. The summed E-state index contributed by atoms with van der Waals surface area (Å²) in [6.45, 7) is 6.87. The van der Waals surface area contributed by atoms with Crippen LogP contribution in [-0.2, 0) is 46.2 Å². The molecule has 1 unspecified atom stereocenters. The van der Waals surface area contributed by atoms with Crippen molar-refractivity contribution in [3.63, 3.8) is 0 Å². The molecule has 0 radical (unpaired) electrons. The number of imide groups is 1. The first-order valence-electron chi connectivity index (χ1n) is 19.3. The first-order chi connectivity index (χ1) is 28.0. The number of aromatic nitrogens is 3. The molecule has 1 aliphatic carbocycles. The van der Waals surface area contributed by atoms with E-state index in [2.05, 4.69) is 52.4 Å². The van der Waals surface area contributed by atoms with Crippen LogP contribution in [0, 0.1) is 5.92 Å². The Labute approximate surface area is 345 Å². The molecule has 9 N–H and O–H groups in total. The number of benzene rings is 1. The van der Waals surface area contributed by atoms with Crippen molar-refractivity contribution in [2.24, 2.45) is 5.92 Å². The number of carboxylic acids is 2. The van der Waals surface area contributed by atoms with Crippen LogP contribution in [0.2, 0.25) is 0 Å². The zero-order chi connectivity index (χ0) is 43.1. The topological polar surface area (TPSA) is 287 Å². The highest BCUT2D eigenvalue weighted by molar-refractivity contribution is 6.28. The standard InChI is InChI=1S/C21H24N6O5.C19H28ClNO6/c22-17-16-13(10-24-18(16)27-21(23)26-17)3-1-2-11-4-6-12(7-5-11)19(30)25-14(20(31)32)8-9-15(28)29;1-11(2)5-6-13-18(3,27-13)16-15(24-4)12(7-8-19(16)10-25-19)26-17(23)21-14(22)9-20/h4-7,10,14H,1-3,8-9H2,(H,25,30)(H,28,29)(H,31,32)(H5,22,23,24,26,27);5,12-13,15-16H,6-10H2,1-4H3,(H,21,22,23)/t14-;12-,13-,15-,16?,18+,19+/m01/s1. The summed E-state index contributed by atoms with van der Waals surface area (Å²) in [5, 5.41) is 23.1. The lowest BCUT2D eigenvalue weighted by atomic mass is 9.68. The molecular weight excluding hydrogens is 790 g/mol. The number of fused-ring (bicyclic) bond motifs is 1. The molecule has 2 aromatic heterocycles. The summed E-state index contributed by atoms with van der Waals surface area (Å²) in [6.07, 6.45) is 6.39. The number of methoxy groups -OCH3 is 1. The van der Waals surface area contributed by atoms with Crippen LogP contribution in [0.1, 0.15) is 80.8 Å². The zero-order valence-electron chi connectivity index (χ0n) is 33.4. The number of nitrogens with two attached hydrogens (primary N) is 2. The van der Waals surface area contributed by atoms with Crippen LogP contribution in [0.25, 0.3) is 11.0 Å². The third-order valence-corrected chi connectivity index (χ3v) is 11.1. The number of carboxylic acid groups (broad SMARTS) is 2. The van der Waals surface area contributed by atoms with Crippen LogP contribution in [0.5, 0.6) is 0 Å². The fourth-order valence-corrected chi connectivity index (χ4v) is 7.87. The maximum Gasteiger partial charge on any atom is 0.414 e. The molecule has 2 aliphatic heterocycles. The fourth-order valence-electron chi connectivity index (χ4n) is 7.80. The molecule has 3 aliphatic rings. The average molecular weight is 842 g/mol. The first kappa shape index (κ1) is 44.8. The van der Waals surface area contributed by atoms with Crippen LogP contribution < -0.4 is 22.1 Å². The van der Waals surface area contributed by atoms with Gasteiger partial charge in [0, 0.05) is 25.3 Å². The number of carbonyl (C=O) groups excluding carboxylic acids is 3. The van der Waals surface area contributed by atoms with Gasteiger partial charge in [-0.25, -0.2) is 9.59 Å². The van der Waals surface area contributed by atoms with E-state index in [-0.39, 0.29) is 48.4 Å². The van der Waals surface area contributed by atoms with Crippen molar-refractivity contribution in [2.75, 3.05) is 31.1 Å². The molecule has 4 heterocycles. The Bertz CT molecular complexity index is 2050. The number of amides is 3. The van der Waals surface area contributed by atoms with Crippen molar-refractivity contribution < 1.29 is 53.1 Å². The van der Waals surface area contributed by atoms with Gasteiger partial charge in [-0.2, -0.15) is 9.97 Å². The molecule has 320 valence electrons. The van der Waals surface area contributed by atoms with Gasteiger partial charge in [0.25, 0.3) is 5.91 Å². The van der Waals surface area contributed by atoms with Gasteiger partial charge in [0.1, 0.15) is 46.8 Å². The maximum absolute atomic E-state index is 12.3. The maximum atomic E-state index is 12.3. The Morgan fingerprint density at radius 3 is 2.44 bits per heavy atom. The predicted molar refractivity (Wildman–Crippen MR) is 216 cm³/mol. The summed E-state index contributed by atoms with van der Waals surface area (Å²) in [5.41, 5.74) is 15.0. The molecule has 59 heavy (non-hydrogen) atoms. The Morgan fingerprint density at radius 1 is 1.12 bits per heavy atom. The van der Waals surface area contributed by atoms with Crippen molar-refractivity contribution in [3.8, 4) is 0 Å². The SMILES string of the molecule is CO[C@H]1C([C@@]2(C)O[C@@H]2CC=C(C)C)[C@]2(CC[C@H]1OC(=O)NC(=O)CCl)CO2.Nc1nc(N)c2c(CCCc3ccc(C(=O)N[C@@H](CCC(=O)O)C(=O)O)cc3)c[nH]c2n1. The Balaban J connectivity index is 0.000000227. The van der Waals surface area contributed by atoms with Crippen LogP contribution >= 0.6 is 11.6 Å². The Hall–Kier alpha value is -5.30. The number of epoxide rings is 2. The smallest absolute Gasteiger partial charge is 0.414 e. The van der Waals surface area contributed by atoms with E-state index < -0.39 is 47.6 Å². The fraction of sp³-hybridized carbons (Fsp3) is 0.525. The van der Waals surface area contributed by atoms with E-state index in [1.165, 1.54) is 5.57 Å². The summed E-state index contributed by atoms with van der Waals surface area (Å²) >= 11 is 5.42. The molecule has 3 fully saturated rings. The van der Waals surface area contributed by atoms with Gasteiger partial charge >= 0.3 is 18.0 Å². The predicted octanol–water partition coefficient (Wildman–Crippen LogP) is 3.90. The number of carbonyl (C=O) groups is 5. The number of alkyl carbamates (subject to hydrolysis) is 1. The lowest BCUT2D eigenvalue weighted by Crippen LogP contribution is -2.56. The summed E-state index contributed by atoms with van der Waals surface area (Å²) in [6, 6.07) is 5.56. The van der Waals surface area contributed by atoms with Crippen LogP contribution in [0.4, 0.5) is 16.6 Å². The van der Waals surface area contributed by atoms with Gasteiger partial charge in [-0.15, -0.1) is 11.6 Å². The molecule has 1 spiro atoms. The molecule has 7 atom stereocenters. The van der Waals surface area contributed by atoms with E-state index in [1.807, 2.05) is 6.20 Å². The Kier molecular flexibility index (Phi) is 14.6. The number of rotatable bonds is 16. The number of anilines is 2. The normalized spacial score (nSPS) is 24.6. The van der Waals surface area contributed by atoms with Gasteiger partial charge in [0.15, 0.2) is 0 Å². The number of halogens is 1. The van der Waals surface area contributed by atoms with Crippen LogP contribution in [0.3, 0.4) is 0 Å². The number of alkyl halides is 1. The minimum Gasteiger partial charge on any atom is -0.481 e. The number of nitrogens with zero attached hydrogens (tertiary/aromatic N) is 2. The number of allylic oxidation sites excluding steroid dienone is 1. The van der Waals surface area contributed by atoms with E-state index in [4.69, 9.17) is 52.2 Å². The third-order valence-electron chi connectivity index (χ3n) is 10.9. The van der Waals surface area contributed by atoms with Crippen molar-refractivity contribution in [1.82, 2.24) is 25.6 Å². The molecule has 3 amide bonds. The van der Waals surface area contributed by atoms with E-state index >= 15 is 0 Å². The number of hydrogen-bond acceptors (Lipinski definition) is 13. The second-order valence-electron chi connectivity index (χ2n) is 15.4. The minimum atomic E-state index is -1.28. The highest BCUT2D eigenvalue weighted by Gasteiger charge is 2.72. The zero-order valence-corrected chi connectivity index (χ0v) is 34.2. The van der Waals surface area contributed by atoms with E-state index in [0.29, 0.717) is 30.1 Å². The van der Waals surface area contributed by atoms with Crippen LogP contribution in [0.15, 0.2) is 42.1 Å². The first-order valence-corrected chi connectivity index (χ1v) is 19.8. The summed E-state index contributed by atoms with van der Waals surface area (Å²) < 4.78 is 23.2. The molecule has 2 saturated heterocycles. The molecule has 0 bridgehead atoms. The molecule has 6 rings (SSSR count). The van der Waals surface area contributed by atoms with Crippen molar-refractivity contribution in [3.05, 3.63) is 58.8 Å². The number of hydrogen-bond donors (Lipinski definition) is 7. The van der Waals surface area contributed by atoms with Crippen molar-refractivity contribution >= 4 is 64.2 Å². The second-order valence-corrected chi connectivity index (χ2v) is 15.6. The lowest BCUT2D eigenvalue weighted by molar-refractivity contribution is -0.140. The minimum absolute atomic E-state index is 0.0548. The van der Waals surface area contributed by atoms with Gasteiger partial charge in [-0.1, -0.05) is 23.8 Å². The summed E-state index contributed by atoms with van der Waals surface area (Å²) in [5.74, 6) is -3.46. The van der Waals surface area contributed by atoms with Crippen molar-refractivity contribution in [1.29, 1.82) is 0 Å². The van der Waals surface area contributed by atoms with Crippen LogP contribution in [-0.4, -0.2) is 110 Å². The van der Waals surface area contributed by atoms with Gasteiger partial charge in [-0.3, -0.25) is 19.7 Å². The number of nitrogen functional groups attached to an aromatic ring is 2. The number of aryl methyl sites for hydroxylation is 2.